The molecule has 0 unspecified atom stereocenters. The second kappa shape index (κ2) is 9.67. The SMILES string of the molecule is CNS(=O)(=O)CCCc1ccc(NC(=O)c2ncc(C#N)[nH]2)c(C2=CCC(C)(C)CC2)c1. The molecule has 0 spiro atoms. The third-order valence-corrected chi connectivity index (χ3v) is 7.20. The lowest BCUT2D eigenvalue weighted by Crippen LogP contribution is -2.22. The van der Waals surface area contributed by atoms with Crippen molar-refractivity contribution >= 4 is 27.2 Å². The number of nitriles is 1. The zero-order chi connectivity index (χ0) is 23.4. The van der Waals surface area contributed by atoms with Crippen LogP contribution in [-0.2, 0) is 16.4 Å². The van der Waals surface area contributed by atoms with E-state index < -0.39 is 15.9 Å². The molecule has 1 aromatic heterocycles. The van der Waals surface area contributed by atoms with Crippen molar-refractivity contribution in [2.45, 2.75) is 46.0 Å². The van der Waals surface area contributed by atoms with Crippen LogP contribution in [0.25, 0.3) is 5.57 Å². The van der Waals surface area contributed by atoms with Crippen molar-refractivity contribution in [2.75, 3.05) is 18.1 Å². The Balaban J connectivity index is 1.85. The third-order valence-electron chi connectivity index (χ3n) is 5.75. The normalized spacial score (nSPS) is 15.6. The number of allylic oxidation sites excluding steroid dienone is 2. The molecule has 0 aliphatic heterocycles. The van der Waals surface area contributed by atoms with Crippen molar-refractivity contribution in [3.05, 3.63) is 53.1 Å². The number of aromatic amines is 1. The van der Waals surface area contributed by atoms with E-state index in [0.717, 1.165) is 30.4 Å². The van der Waals surface area contributed by atoms with Gasteiger partial charge in [-0.1, -0.05) is 26.0 Å². The number of nitrogens with zero attached hydrogens (tertiary/aromatic N) is 2. The predicted molar refractivity (Wildman–Crippen MR) is 124 cm³/mol. The number of hydrogen-bond donors (Lipinski definition) is 3. The molecule has 3 rings (SSSR count). The fourth-order valence-corrected chi connectivity index (χ4v) is 4.41. The Morgan fingerprint density at radius 2 is 2.12 bits per heavy atom. The number of nitrogens with one attached hydrogen (secondary N) is 3. The first-order valence-electron chi connectivity index (χ1n) is 10.6. The third kappa shape index (κ3) is 6.05. The van der Waals surface area contributed by atoms with Gasteiger partial charge in [0.05, 0.1) is 11.9 Å². The van der Waals surface area contributed by atoms with E-state index in [-0.39, 0.29) is 22.7 Å². The van der Waals surface area contributed by atoms with Crippen molar-refractivity contribution < 1.29 is 13.2 Å². The fraction of sp³-hybridized carbons (Fsp3) is 0.435. The quantitative estimate of drug-likeness (QED) is 0.560. The fourth-order valence-electron chi connectivity index (χ4n) is 3.69. The van der Waals surface area contributed by atoms with Crippen LogP contribution in [0.2, 0.25) is 0 Å². The standard InChI is InChI=1S/C23H29N5O3S/c1-23(2)10-8-17(9-11-23)19-13-16(5-4-12-32(30,31)25-3)6-7-20(19)28-22(29)21-26-15-18(14-24)27-21/h6-8,13,15,25H,4-5,9-12H2,1-3H3,(H,26,27)(H,28,29). The van der Waals surface area contributed by atoms with Crippen LogP contribution in [0, 0.1) is 16.7 Å². The Bertz CT molecular complexity index is 1170. The summed E-state index contributed by atoms with van der Waals surface area (Å²) in [5.41, 5.74) is 4.26. The molecule has 32 heavy (non-hydrogen) atoms. The number of aryl methyl sites for hydroxylation is 1. The monoisotopic (exact) mass is 455 g/mol. The minimum Gasteiger partial charge on any atom is -0.326 e. The van der Waals surface area contributed by atoms with Gasteiger partial charge in [-0.15, -0.1) is 0 Å². The van der Waals surface area contributed by atoms with Crippen LogP contribution >= 0.6 is 0 Å². The smallest absolute Gasteiger partial charge is 0.291 e. The first kappa shape index (κ1) is 23.7. The molecule has 0 bridgehead atoms. The summed E-state index contributed by atoms with van der Waals surface area (Å²) >= 11 is 0. The molecule has 0 saturated heterocycles. The Morgan fingerprint density at radius 3 is 2.75 bits per heavy atom. The summed E-state index contributed by atoms with van der Waals surface area (Å²) in [7, 11) is -1.82. The highest BCUT2D eigenvalue weighted by Gasteiger charge is 2.24. The van der Waals surface area contributed by atoms with Gasteiger partial charge in [-0.25, -0.2) is 18.1 Å². The van der Waals surface area contributed by atoms with E-state index in [0.29, 0.717) is 18.5 Å². The molecule has 1 amide bonds. The van der Waals surface area contributed by atoms with Gasteiger partial charge >= 0.3 is 0 Å². The molecule has 0 atom stereocenters. The van der Waals surface area contributed by atoms with Gasteiger partial charge in [-0.05, 0) is 67.8 Å². The maximum atomic E-state index is 12.7. The van der Waals surface area contributed by atoms with Crippen molar-refractivity contribution in [1.29, 1.82) is 5.26 Å². The maximum Gasteiger partial charge on any atom is 0.291 e. The number of sulfonamides is 1. The van der Waals surface area contributed by atoms with Gasteiger partial charge in [0.15, 0.2) is 5.82 Å². The Hall–Kier alpha value is -2.96. The lowest BCUT2D eigenvalue weighted by Gasteiger charge is -2.29. The molecular weight excluding hydrogens is 426 g/mol. The molecule has 170 valence electrons. The lowest BCUT2D eigenvalue weighted by atomic mass is 9.76. The van der Waals surface area contributed by atoms with Crippen LogP contribution in [0.5, 0.6) is 0 Å². The lowest BCUT2D eigenvalue weighted by molar-refractivity contribution is 0.101. The summed E-state index contributed by atoms with van der Waals surface area (Å²) in [6.07, 6.45) is 7.56. The first-order chi connectivity index (χ1) is 15.1. The van der Waals surface area contributed by atoms with E-state index in [4.69, 9.17) is 5.26 Å². The molecule has 1 aliphatic rings. The number of rotatable bonds is 8. The van der Waals surface area contributed by atoms with E-state index >= 15 is 0 Å². The summed E-state index contributed by atoms with van der Waals surface area (Å²) in [4.78, 5) is 19.3. The van der Waals surface area contributed by atoms with E-state index in [2.05, 4.69) is 39.9 Å². The zero-order valence-electron chi connectivity index (χ0n) is 18.7. The Labute approximate surface area is 189 Å². The van der Waals surface area contributed by atoms with Gasteiger partial charge in [-0.2, -0.15) is 5.26 Å². The van der Waals surface area contributed by atoms with Crippen molar-refractivity contribution in [3.8, 4) is 6.07 Å². The predicted octanol–water partition coefficient (Wildman–Crippen LogP) is 3.61. The zero-order valence-corrected chi connectivity index (χ0v) is 19.5. The highest BCUT2D eigenvalue weighted by molar-refractivity contribution is 7.89. The van der Waals surface area contributed by atoms with Crippen LogP contribution < -0.4 is 10.0 Å². The summed E-state index contributed by atoms with van der Waals surface area (Å²) in [6, 6.07) is 7.72. The van der Waals surface area contributed by atoms with Gasteiger partial charge in [0.2, 0.25) is 10.0 Å². The van der Waals surface area contributed by atoms with E-state index in [1.807, 2.05) is 24.3 Å². The average Bonchev–Trinajstić information content (AvgIpc) is 3.24. The Kier molecular flexibility index (Phi) is 7.16. The molecule has 8 nitrogen and oxygen atoms in total. The minimum atomic E-state index is -3.24. The summed E-state index contributed by atoms with van der Waals surface area (Å²) in [5, 5.41) is 11.9. The number of hydrogen-bond acceptors (Lipinski definition) is 5. The average molecular weight is 456 g/mol. The second-order valence-electron chi connectivity index (χ2n) is 8.82. The largest absolute Gasteiger partial charge is 0.326 e. The van der Waals surface area contributed by atoms with Crippen molar-refractivity contribution in [2.24, 2.45) is 5.41 Å². The van der Waals surface area contributed by atoms with Gasteiger partial charge in [-0.3, -0.25) is 4.79 Å². The molecule has 3 N–H and O–H groups in total. The second-order valence-corrected chi connectivity index (χ2v) is 10.9. The number of anilines is 1. The van der Waals surface area contributed by atoms with Crippen molar-refractivity contribution in [1.82, 2.24) is 14.7 Å². The molecule has 9 heteroatoms. The Morgan fingerprint density at radius 1 is 1.34 bits per heavy atom. The van der Waals surface area contributed by atoms with E-state index in [1.165, 1.54) is 18.8 Å². The highest BCUT2D eigenvalue weighted by atomic mass is 32.2. The number of carbonyl (C=O) groups excluding carboxylic acids is 1. The maximum absolute atomic E-state index is 12.7. The summed E-state index contributed by atoms with van der Waals surface area (Å²) in [6.45, 7) is 4.48. The number of aromatic nitrogens is 2. The van der Waals surface area contributed by atoms with Crippen LogP contribution in [0.3, 0.4) is 0 Å². The van der Waals surface area contributed by atoms with Crippen LogP contribution in [0.4, 0.5) is 5.69 Å². The van der Waals surface area contributed by atoms with Gasteiger partial charge in [0.1, 0.15) is 11.8 Å². The topological polar surface area (TPSA) is 128 Å². The number of benzene rings is 1. The summed E-state index contributed by atoms with van der Waals surface area (Å²) < 4.78 is 25.7. The molecule has 0 radical (unpaired) electrons. The minimum absolute atomic E-state index is 0.0634. The molecule has 0 saturated carbocycles. The molecule has 1 aromatic carbocycles. The highest BCUT2D eigenvalue weighted by Crippen LogP contribution is 2.40. The van der Waals surface area contributed by atoms with E-state index in [9.17, 15) is 13.2 Å². The van der Waals surface area contributed by atoms with E-state index in [1.54, 1.807) is 0 Å². The molecule has 0 fully saturated rings. The molecule has 1 heterocycles. The number of H-pyrrole nitrogens is 1. The van der Waals surface area contributed by atoms with Gasteiger partial charge in [0, 0.05) is 11.3 Å². The number of imidazole rings is 1. The number of amides is 1. The van der Waals surface area contributed by atoms with Gasteiger partial charge < -0.3 is 10.3 Å². The van der Waals surface area contributed by atoms with Crippen LogP contribution in [0.15, 0.2) is 30.5 Å². The molecule has 2 aromatic rings. The summed E-state index contributed by atoms with van der Waals surface area (Å²) in [5.74, 6) is -0.279. The van der Waals surface area contributed by atoms with Crippen molar-refractivity contribution in [3.63, 3.8) is 0 Å². The number of carbonyl (C=O) groups is 1. The van der Waals surface area contributed by atoms with Gasteiger partial charge in [0.25, 0.3) is 5.91 Å². The first-order valence-corrected chi connectivity index (χ1v) is 12.3. The molecular formula is C23H29N5O3S. The van der Waals surface area contributed by atoms with Crippen LogP contribution in [-0.4, -0.2) is 37.1 Å². The molecule has 1 aliphatic carbocycles. The van der Waals surface area contributed by atoms with Crippen LogP contribution in [0.1, 0.15) is 67.0 Å².